The van der Waals surface area contributed by atoms with Crippen LogP contribution in [0.25, 0.3) is 0 Å². The molecule has 17 heavy (non-hydrogen) atoms. The second kappa shape index (κ2) is 4.82. The van der Waals surface area contributed by atoms with Gasteiger partial charge in [-0.2, -0.15) is 0 Å². The molecule has 4 heteroatoms. The summed E-state index contributed by atoms with van der Waals surface area (Å²) in [5.41, 5.74) is -0.429. The van der Waals surface area contributed by atoms with Crippen LogP contribution < -0.4 is 0 Å². The van der Waals surface area contributed by atoms with Gasteiger partial charge in [-0.15, -0.1) is 0 Å². The first-order valence-electron chi connectivity index (χ1n) is 5.86. The van der Waals surface area contributed by atoms with Crippen LogP contribution in [-0.4, -0.2) is 23.4 Å². The van der Waals surface area contributed by atoms with E-state index >= 15 is 0 Å². The molecular formula is C13H15F2NO. The SMILES string of the molecule is C[C@@H]1CCCCN1C(=O)c1c(F)cccc1F. The highest BCUT2D eigenvalue weighted by atomic mass is 19.1. The van der Waals surface area contributed by atoms with E-state index in [2.05, 4.69) is 0 Å². The molecule has 0 unspecified atom stereocenters. The van der Waals surface area contributed by atoms with Crippen molar-refractivity contribution >= 4 is 5.91 Å². The maximum absolute atomic E-state index is 13.5. The summed E-state index contributed by atoms with van der Waals surface area (Å²) in [5.74, 6) is -2.10. The number of nitrogens with zero attached hydrogens (tertiary/aromatic N) is 1. The third-order valence-electron chi connectivity index (χ3n) is 3.24. The number of amides is 1. The summed E-state index contributed by atoms with van der Waals surface area (Å²) < 4.78 is 27.0. The highest BCUT2D eigenvalue weighted by Gasteiger charge is 2.28. The largest absolute Gasteiger partial charge is 0.336 e. The van der Waals surface area contributed by atoms with E-state index in [0.29, 0.717) is 6.54 Å². The predicted molar refractivity (Wildman–Crippen MR) is 60.7 cm³/mol. The van der Waals surface area contributed by atoms with Crippen LogP contribution >= 0.6 is 0 Å². The number of carbonyl (C=O) groups excluding carboxylic acids is 1. The molecule has 0 aliphatic carbocycles. The second-order valence-electron chi connectivity index (χ2n) is 4.44. The molecule has 1 saturated heterocycles. The average molecular weight is 239 g/mol. The van der Waals surface area contributed by atoms with Crippen molar-refractivity contribution in [1.82, 2.24) is 4.90 Å². The standard InChI is InChI=1S/C13H15F2NO/c1-9-5-2-3-8-16(9)13(17)12-10(14)6-4-7-11(12)15/h4,6-7,9H,2-3,5,8H2,1H3/t9-/m1/s1. The van der Waals surface area contributed by atoms with E-state index in [-0.39, 0.29) is 6.04 Å². The second-order valence-corrected chi connectivity index (χ2v) is 4.44. The van der Waals surface area contributed by atoms with Gasteiger partial charge in [0.25, 0.3) is 5.91 Å². The van der Waals surface area contributed by atoms with Gasteiger partial charge in [-0.25, -0.2) is 8.78 Å². The minimum Gasteiger partial charge on any atom is -0.336 e. The highest BCUT2D eigenvalue weighted by molar-refractivity contribution is 5.95. The van der Waals surface area contributed by atoms with Crippen LogP contribution in [0.2, 0.25) is 0 Å². The van der Waals surface area contributed by atoms with E-state index in [1.807, 2.05) is 6.92 Å². The lowest BCUT2D eigenvalue weighted by Gasteiger charge is -2.33. The molecule has 1 aromatic rings. The molecule has 0 N–H and O–H groups in total. The monoisotopic (exact) mass is 239 g/mol. The van der Waals surface area contributed by atoms with E-state index in [1.54, 1.807) is 4.90 Å². The molecule has 2 nitrogen and oxygen atoms in total. The Morgan fingerprint density at radius 2 is 1.94 bits per heavy atom. The molecule has 1 aliphatic rings. The van der Waals surface area contributed by atoms with Gasteiger partial charge in [0.1, 0.15) is 17.2 Å². The zero-order valence-electron chi connectivity index (χ0n) is 9.75. The van der Waals surface area contributed by atoms with E-state index in [0.717, 1.165) is 31.4 Å². The maximum Gasteiger partial charge on any atom is 0.260 e. The summed E-state index contributed by atoms with van der Waals surface area (Å²) in [4.78, 5) is 13.7. The Bertz CT molecular complexity index is 413. The molecule has 1 heterocycles. The van der Waals surface area contributed by atoms with Crippen molar-refractivity contribution in [2.75, 3.05) is 6.54 Å². The van der Waals surface area contributed by atoms with Gasteiger partial charge in [-0.3, -0.25) is 4.79 Å². The fourth-order valence-corrected chi connectivity index (χ4v) is 2.25. The Morgan fingerprint density at radius 1 is 1.29 bits per heavy atom. The van der Waals surface area contributed by atoms with E-state index in [1.165, 1.54) is 6.07 Å². The van der Waals surface area contributed by atoms with Crippen LogP contribution in [-0.2, 0) is 0 Å². The number of hydrogen-bond acceptors (Lipinski definition) is 1. The first-order chi connectivity index (χ1) is 8.11. The van der Waals surface area contributed by atoms with Crippen LogP contribution in [0.15, 0.2) is 18.2 Å². The van der Waals surface area contributed by atoms with Crippen LogP contribution in [0.5, 0.6) is 0 Å². The molecule has 1 aromatic carbocycles. The predicted octanol–water partition coefficient (Wildman–Crippen LogP) is 2.98. The number of carbonyl (C=O) groups is 1. The topological polar surface area (TPSA) is 20.3 Å². The molecule has 0 bridgehead atoms. The Morgan fingerprint density at radius 3 is 2.53 bits per heavy atom. The van der Waals surface area contributed by atoms with Crippen molar-refractivity contribution in [3.63, 3.8) is 0 Å². The fourth-order valence-electron chi connectivity index (χ4n) is 2.25. The smallest absolute Gasteiger partial charge is 0.260 e. The third kappa shape index (κ3) is 2.30. The molecule has 1 aliphatic heterocycles. The summed E-state index contributed by atoms with van der Waals surface area (Å²) >= 11 is 0. The minimum atomic E-state index is -0.784. The lowest BCUT2D eigenvalue weighted by molar-refractivity contribution is 0.0625. The van der Waals surface area contributed by atoms with Gasteiger partial charge < -0.3 is 4.90 Å². The van der Waals surface area contributed by atoms with E-state index < -0.39 is 23.1 Å². The lowest BCUT2D eigenvalue weighted by atomic mass is 10.0. The molecule has 0 saturated carbocycles. The zero-order chi connectivity index (χ0) is 12.4. The summed E-state index contributed by atoms with van der Waals surface area (Å²) in [7, 11) is 0. The normalized spacial score (nSPS) is 20.4. The Labute approximate surface area is 99.2 Å². The molecule has 0 spiro atoms. The number of hydrogen-bond donors (Lipinski definition) is 0. The van der Waals surface area contributed by atoms with Crippen LogP contribution in [0.4, 0.5) is 8.78 Å². The highest BCUT2D eigenvalue weighted by Crippen LogP contribution is 2.21. The Balaban J connectivity index is 2.30. The summed E-state index contributed by atoms with van der Waals surface area (Å²) in [6.45, 7) is 2.49. The summed E-state index contributed by atoms with van der Waals surface area (Å²) in [6.07, 6.45) is 2.85. The molecule has 0 aromatic heterocycles. The van der Waals surface area contributed by atoms with Crippen molar-refractivity contribution in [3.8, 4) is 0 Å². The number of likely N-dealkylation sites (tertiary alicyclic amines) is 1. The van der Waals surface area contributed by atoms with Gasteiger partial charge in [0.05, 0.1) is 0 Å². The number of halogens is 2. The molecule has 92 valence electrons. The van der Waals surface area contributed by atoms with Crippen LogP contribution in [0.3, 0.4) is 0 Å². The molecule has 1 amide bonds. The van der Waals surface area contributed by atoms with Crippen molar-refractivity contribution in [2.45, 2.75) is 32.2 Å². The van der Waals surface area contributed by atoms with Crippen molar-refractivity contribution in [1.29, 1.82) is 0 Å². The van der Waals surface area contributed by atoms with E-state index in [9.17, 15) is 13.6 Å². The minimum absolute atomic E-state index is 0.0512. The molecule has 2 rings (SSSR count). The first-order valence-corrected chi connectivity index (χ1v) is 5.86. The number of rotatable bonds is 1. The van der Waals surface area contributed by atoms with Crippen molar-refractivity contribution < 1.29 is 13.6 Å². The fraction of sp³-hybridized carbons (Fsp3) is 0.462. The lowest BCUT2D eigenvalue weighted by Crippen LogP contribution is -2.42. The van der Waals surface area contributed by atoms with Gasteiger partial charge in [0, 0.05) is 12.6 Å². The molecule has 1 atom stereocenters. The third-order valence-corrected chi connectivity index (χ3v) is 3.24. The summed E-state index contributed by atoms with van der Waals surface area (Å²) in [6, 6.07) is 3.55. The average Bonchev–Trinajstić information content (AvgIpc) is 2.29. The van der Waals surface area contributed by atoms with Gasteiger partial charge in [-0.05, 0) is 38.3 Å². The quantitative estimate of drug-likeness (QED) is 0.737. The zero-order valence-corrected chi connectivity index (χ0v) is 9.75. The van der Waals surface area contributed by atoms with Crippen molar-refractivity contribution in [3.05, 3.63) is 35.4 Å². The number of piperidine rings is 1. The van der Waals surface area contributed by atoms with Crippen molar-refractivity contribution in [2.24, 2.45) is 0 Å². The van der Waals surface area contributed by atoms with Gasteiger partial charge in [0.15, 0.2) is 0 Å². The maximum atomic E-state index is 13.5. The number of benzene rings is 1. The Kier molecular flexibility index (Phi) is 3.41. The van der Waals surface area contributed by atoms with Gasteiger partial charge in [0.2, 0.25) is 0 Å². The Hall–Kier alpha value is -1.45. The first kappa shape index (κ1) is 12.0. The van der Waals surface area contributed by atoms with E-state index in [4.69, 9.17) is 0 Å². The molecular weight excluding hydrogens is 224 g/mol. The van der Waals surface area contributed by atoms with Gasteiger partial charge in [-0.1, -0.05) is 6.07 Å². The van der Waals surface area contributed by atoms with Crippen LogP contribution in [0, 0.1) is 11.6 Å². The van der Waals surface area contributed by atoms with Gasteiger partial charge >= 0.3 is 0 Å². The van der Waals surface area contributed by atoms with Crippen LogP contribution in [0.1, 0.15) is 36.5 Å². The molecule has 0 radical (unpaired) electrons. The summed E-state index contributed by atoms with van der Waals surface area (Å²) in [5, 5.41) is 0. The molecule has 1 fully saturated rings.